The third kappa shape index (κ3) is 2.13. The van der Waals surface area contributed by atoms with Crippen LogP contribution in [-0.4, -0.2) is 29.2 Å². The Bertz CT molecular complexity index is 694. The molecule has 0 amide bonds. The highest BCUT2D eigenvalue weighted by molar-refractivity contribution is 5.90. The molecule has 0 bridgehead atoms. The van der Waals surface area contributed by atoms with E-state index in [0.29, 0.717) is 16.9 Å². The van der Waals surface area contributed by atoms with E-state index in [1.807, 2.05) is 0 Å². The van der Waals surface area contributed by atoms with Crippen LogP contribution >= 0.6 is 0 Å². The van der Waals surface area contributed by atoms with E-state index in [-0.39, 0.29) is 22.6 Å². The molecule has 0 aliphatic rings. The van der Waals surface area contributed by atoms with Crippen molar-refractivity contribution < 1.29 is 28.2 Å². The number of benzene rings is 1. The Morgan fingerprint density at radius 3 is 2.60 bits per heavy atom. The molecule has 0 saturated carbocycles. The van der Waals surface area contributed by atoms with Crippen molar-refractivity contribution in [1.29, 1.82) is 0 Å². The van der Waals surface area contributed by atoms with Crippen LogP contribution in [0.3, 0.4) is 0 Å². The largest absolute Gasteiger partial charge is 0.494 e. The van der Waals surface area contributed by atoms with Crippen LogP contribution in [0.25, 0.3) is 11.3 Å². The highest BCUT2D eigenvalue weighted by Gasteiger charge is 2.23. The Morgan fingerprint density at radius 1 is 1.40 bits per heavy atom. The quantitative estimate of drug-likeness (QED) is 0.878. The van der Waals surface area contributed by atoms with Crippen LogP contribution in [-0.2, 0) is 0 Å². The number of carbonyl (C=O) groups excluding carboxylic acids is 1. The van der Waals surface area contributed by atoms with E-state index in [9.17, 15) is 18.4 Å². The maximum atomic E-state index is 13.8. The first-order chi connectivity index (χ1) is 9.49. The van der Waals surface area contributed by atoms with Gasteiger partial charge < -0.3 is 9.84 Å². The molecule has 104 valence electrons. The van der Waals surface area contributed by atoms with E-state index in [2.05, 4.69) is 0 Å². The third-order valence-electron chi connectivity index (χ3n) is 2.71. The van der Waals surface area contributed by atoms with Gasteiger partial charge in [0, 0.05) is 17.8 Å². The second kappa shape index (κ2) is 5.12. The fraction of sp³-hybridized carbons (Fsp3) is 0.0769. The summed E-state index contributed by atoms with van der Waals surface area (Å²) in [5.74, 6) is -1.84. The van der Waals surface area contributed by atoms with Crippen molar-refractivity contribution in [2.75, 3.05) is 7.11 Å². The standard InChI is InChI=1S/C13H9F2NO4/c1-20-12-7(6-17)5-16(13(18)19)11(12)9-3-2-8(14)4-10(9)15/h2-6H,1H3,(H,18,19). The van der Waals surface area contributed by atoms with Gasteiger partial charge in [0.15, 0.2) is 12.0 Å². The molecule has 2 rings (SSSR count). The number of aromatic nitrogens is 1. The van der Waals surface area contributed by atoms with Crippen molar-refractivity contribution in [3.63, 3.8) is 0 Å². The van der Waals surface area contributed by atoms with Crippen LogP contribution in [0.5, 0.6) is 5.75 Å². The molecule has 5 nitrogen and oxygen atoms in total. The van der Waals surface area contributed by atoms with Crippen LogP contribution in [0.15, 0.2) is 24.4 Å². The predicted octanol–water partition coefficient (Wildman–Crippen LogP) is 2.78. The zero-order valence-electron chi connectivity index (χ0n) is 10.3. The molecular weight excluding hydrogens is 272 g/mol. The molecule has 1 aromatic carbocycles. The molecule has 0 radical (unpaired) electrons. The van der Waals surface area contributed by atoms with Crippen molar-refractivity contribution in [2.24, 2.45) is 0 Å². The fourth-order valence-corrected chi connectivity index (χ4v) is 1.89. The number of carboxylic acid groups (broad SMARTS) is 1. The fourth-order valence-electron chi connectivity index (χ4n) is 1.89. The van der Waals surface area contributed by atoms with Crippen LogP contribution in [0.2, 0.25) is 0 Å². The number of carbonyl (C=O) groups is 2. The molecule has 0 aliphatic carbocycles. The van der Waals surface area contributed by atoms with Gasteiger partial charge in [0.05, 0.1) is 12.7 Å². The summed E-state index contributed by atoms with van der Waals surface area (Å²) in [4.78, 5) is 22.1. The van der Waals surface area contributed by atoms with E-state index in [4.69, 9.17) is 9.84 Å². The Balaban J connectivity index is 2.80. The number of rotatable bonds is 3. The highest BCUT2D eigenvalue weighted by Crippen LogP contribution is 2.35. The van der Waals surface area contributed by atoms with E-state index in [1.165, 1.54) is 7.11 Å². The summed E-state index contributed by atoms with van der Waals surface area (Å²) >= 11 is 0. The van der Waals surface area contributed by atoms with Gasteiger partial charge in [-0.3, -0.25) is 4.79 Å². The van der Waals surface area contributed by atoms with Gasteiger partial charge >= 0.3 is 6.09 Å². The normalized spacial score (nSPS) is 10.3. The Hall–Kier alpha value is -2.70. The summed E-state index contributed by atoms with van der Waals surface area (Å²) in [5, 5.41) is 9.10. The average molecular weight is 281 g/mol. The second-order valence-electron chi connectivity index (χ2n) is 3.86. The number of methoxy groups -OCH3 is 1. The molecule has 1 aromatic heterocycles. The van der Waals surface area contributed by atoms with E-state index < -0.39 is 17.7 Å². The molecule has 2 aromatic rings. The Kier molecular flexibility index (Phi) is 3.51. The van der Waals surface area contributed by atoms with Gasteiger partial charge in [-0.05, 0) is 12.1 Å². The third-order valence-corrected chi connectivity index (χ3v) is 2.71. The first-order valence-electron chi connectivity index (χ1n) is 5.42. The van der Waals surface area contributed by atoms with E-state index >= 15 is 0 Å². The topological polar surface area (TPSA) is 68.5 Å². The minimum atomic E-state index is -1.42. The van der Waals surface area contributed by atoms with Gasteiger partial charge in [-0.1, -0.05) is 0 Å². The molecular formula is C13H9F2NO4. The molecule has 0 atom stereocenters. The molecule has 1 N–H and O–H groups in total. The van der Waals surface area contributed by atoms with Gasteiger partial charge in [-0.15, -0.1) is 0 Å². The minimum absolute atomic E-state index is 0.0476. The number of halogens is 2. The SMILES string of the molecule is COc1c(C=O)cn(C(=O)O)c1-c1ccc(F)cc1F. The smallest absolute Gasteiger partial charge is 0.416 e. The molecule has 1 heterocycles. The lowest BCUT2D eigenvalue weighted by molar-refractivity contribution is 0.112. The summed E-state index contributed by atoms with van der Waals surface area (Å²) in [6.07, 6.45) is -0.0229. The van der Waals surface area contributed by atoms with Gasteiger partial charge in [0.1, 0.15) is 17.3 Å². The van der Waals surface area contributed by atoms with Crippen LogP contribution in [0.4, 0.5) is 13.6 Å². The number of nitrogens with zero attached hydrogens (tertiary/aromatic N) is 1. The lowest BCUT2D eigenvalue weighted by Crippen LogP contribution is -2.09. The predicted molar refractivity (Wildman–Crippen MR) is 65.1 cm³/mol. The monoisotopic (exact) mass is 281 g/mol. The molecule has 0 aliphatic heterocycles. The van der Waals surface area contributed by atoms with E-state index in [1.54, 1.807) is 0 Å². The summed E-state index contributed by atoms with van der Waals surface area (Å²) < 4.78 is 32.4. The number of hydrogen-bond donors (Lipinski definition) is 1. The average Bonchev–Trinajstić information content (AvgIpc) is 2.77. The van der Waals surface area contributed by atoms with Crippen LogP contribution in [0, 0.1) is 11.6 Å². The first-order valence-corrected chi connectivity index (χ1v) is 5.42. The lowest BCUT2D eigenvalue weighted by atomic mass is 10.1. The zero-order chi connectivity index (χ0) is 14.9. The molecule has 20 heavy (non-hydrogen) atoms. The van der Waals surface area contributed by atoms with Crippen molar-refractivity contribution in [3.8, 4) is 17.0 Å². The zero-order valence-corrected chi connectivity index (χ0v) is 10.3. The summed E-state index contributed by atoms with van der Waals surface area (Å²) in [7, 11) is 1.22. The molecule has 0 spiro atoms. The summed E-state index contributed by atoms with van der Waals surface area (Å²) in [6.45, 7) is 0. The lowest BCUT2D eigenvalue weighted by Gasteiger charge is -2.08. The second-order valence-corrected chi connectivity index (χ2v) is 3.86. The van der Waals surface area contributed by atoms with Crippen molar-refractivity contribution in [1.82, 2.24) is 4.57 Å². The van der Waals surface area contributed by atoms with Gasteiger partial charge in [-0.2, -0.15) is 0 Å². The van der Waals surface area contributed by atoms with Crippen LogP contribution in [0.1, 0.15) is 10.4 Å². The molecule has 0 fully saturated rings. The Labute approximate surface area is 112 Å². The first kappa shape index (κ1) is 13.7. The van der Waals surface area contributed by atoms with E-state index in [0.717, 1.165) is 18.3 Å². The van der Waals surface area contributed by atoms with Crippen LogP contribution < -0.4 is 4.74 Å². The molecule has 0 unspecified atom stereocenters. The van der Waals surface area contributed by atoms with Crippen molar-refractivity contribution in [3.05, 3.63) is 41.6 Å². The summed E-state index contributed by atoms with van der Waals surface area (Å²) in [6, 6.07) is 2.68. The van der Waals surface area contributed by atoms with Gasteiger partial charge in [0.25, 0.3) is 0 Å². The molecule has 0 saturated heterocycles. The maximum Gasteiger partial charge on any atom is 0.416 e. The number of ether oxygens (including phenoxy) is 1. The summed E-state index contributed by atoms with van der Waals surface area (Å²) in [5.41, 5.74) is -0.396. The maximum absolute atomic E-state index is 13.8. The van der Waals surface area contributed by atoms with Crippen molar-refractivity contribution >= 4 is 12.4 Å². The van der Waals surface area contributed by atoms with Gasteiger partial charge in [0.2, 0.25) is 0 Å². The number of aldehydes is 1. The van der Waals surface area contributed by atoms with Crippen molar-refractivity contribution in [2.45, 2.75) is 0 Å². The minimum Gasteiger partial charge on any atom is -0.494 e. The number of hydrogen-bond acceptors (Lipinski definition) is 3. The van der Waals surface area contributed by atoms with Gasteiger partial charge in [-0.25, -0.2) is 18.1 Å². The Morgan fingerprint density at radius 2 is 2.10 bits per heavy atom. The highest BCUT2D eigenvalue weighted by atomic mass is 19.1. The molecule has 7 heteroatoms.